The molecule has 0 radical (unpaired) electrons. The zero-order chi connectivity index (χ0) is 12.7. The maximum Gasteiger partial charge on any atom is 0.221 e. The van der Waals surface area contributed by atoms with Gasteiger partial charge in [-0.05, 0) is 31.5 Å². The molecule has 1 unspecified atom stereocenters. The van der Waals surface area contributed by atoms with E-state index in [0.717, 1.165) is 11.3 Å². The van der Waals surface area contributed by atoms with E-state index in [2.05, 4.69) is 5.32 Å². The molecule has 0 aromatic heterocycles. The summed E-state index contributed by atoms with van der Waals surface area (Å²) in [7, 11) is 0. The second-order valence-electron chi connectivity index (χ2n) is 4.04. The molecular formula is C13H20N2O2. The molecule has 0 aliphatic heterocycles. The molecule has 4 heteroatoms. The van der Waals surface area contributed by atoms with Gasteiger partial charge in [0.1, 0.15) is 5.75 Å². The molecule has 1 aromatic carbocycles. The number of hydrogen-bond acceptors (Lipinski definition) is 3. The number of carbonyl (C=O) groups is 1. The summed E-state index contributed by atoms with van der Waals surface area (Å²) in [4.78, 5) is 11.4. The number of hydrogen-bond donors (Lipinski definition) is 2. The molecule has 0 heterocycles. The molecule has 0 saturated heterocycles. The number of nitrogens with one attached hydrogen (secondary N) is 1. The minimum Gasteiger partial charge on any atom is -0.494 e. The molecule has 94 valence electrons. The van der Waals surface area contributed by atoms with Crippen LogP contribution in [0, 0.1) is 0 Å². The van der Waals surface area contributed by atoms with Crippen LogP contribution in [0.15, 0.2) is 24.3 Å². The van der Waals surface area contributed by atoms with Gasteiger partial charge < -0.3 is 15.8 Å². The maximum absolute atomic E-state index is 11.4. The number of rotatable bonds is 6. The molecule has 3 N–H and O–H groups in total. The first kappa shape index (κ1) is 13.5. The minimum absolute atomic E-state index is 0.0261. The lowest BCUT2D eigenvalue weighted by atomic mass is 10.2. The molecule has 1 amide bonds. The zero-order valence-corrected chi connectivity index (χ0v) is 10.4. The average Bonchev–Trinajstić information content (AvgIpc) is 2.26. The fourth-order valence-corrected chi connectivity index (χ4v) is 1.48. The van der Waals surface area contributed by atoms with Crippen LogP contribution in [0.3, 0.4) is 0 Å². The van der Waals surface area contributed by atoms with E-state index in [4.69, 9.17) is 10.5 Å². The molecule has 0 aliphatic carbocycles. The van der Waals surface area contributed by atoms with Crippen LogP contribution < -0.4 is 15.8 Å². The molecule has 0 fully saturated rings. The highest BCUT2D eigenvalue weighted by Crippen LogP contribution is 2.12. The second-order valence-corrected chi connectivity index (χ2v) is 4.04. The summed E-state index contributed by atoms with van der Waals surface area (Å²) in [5.41, 5.74) is 6.57. The molecule has 0 spiro atoms. The Kier molecular flexibility index (Phi) is 5.49. The van der Waals surface area contributed by atoms with Gasteiger partial charge in [0, 0.05) is 19.0 Å². The van der Waals surface area contributed by atoms with Crippen LogP contribution in [-0.4, -0.2) is 18.6 Å². The Balaban J connectivity index is 2.45. The Morgan fingerprint density at radius 2 is 2.29 bits per heavy atom. The fraction of sp³-hybridized carbons (Fsp3) is 0.462. The lowest BCUT2D eigenvalue weighted by molar-refractivity contribution is -0.121. The predicted molar refractivity (Wildman–Crippen MR) is 67.7 cm³/mol. The van der Waals surface area contributed by atoms with Crippen molar-refractivity contribution in [1.82, 2.24) is 5.32 Å². The van der Waals surface area contributed by atoms with Crippen molar-refractivity contribution < 1.29 is 9.53 Å². The van der Waals surface area contributed by atoms with Crippen molar-refractivity contribution in [3.8, 4) is 5.75 Å². The Labute approximate surface area is 102 Å². The van der Waals surface area contributed by atoms with Gasteiger partial charge in [0.2, 0.25) is 5.91 Å². The second kappa shape index (κ2) is 6.91. The molecule has 1 aromatic rings. The summed E-state index contributed by atoms with van der Waals surface area (Å²) >= 11 is 0. The third-order valence-corrected chi connectivity index (χ3v) is 2.21. The van der Waals surface area contributed by atoms with Crippen molar-refractivity contribution in [1.29, 1.82) is 0 Å². The van der Waals surface area contributed by atoms with Crippen molar-refractivity contribution in [2.24, 2.45) is 5.73 Å². The topological polar surface area (TPSA) is 64.3 Å². The molecule has 17 heavy (non-hydrogen) atoms. The molecule has 0 saturated carbocycles. The Morgan fingerprint density at radius 3 is 2.94 bits per heavy atom. The highest BCUT2D eigenvalue weighted by molar-refractivity contribution is 5.76. The van der Waals surface area contributed by atoms with E-state index in [9.17, 15) is 4.79 Å². The summed E-state index contributed by atoms with van der Waals surface area (Å²) in [6.07, 6.45) is 0.352. The van der Waals surface area contributed by atoms with Gasteiger partial charge in [0.25, 0.3) is 0 Å². The maximum atomic E-state index is 11.4. The zero-order valence-electron chi connectivity index (χ0n) is 10.4. The highest BCUT2D eigenvalue weighted by atomic mass is 16.5. The van der Waals surface area contributed by atoms with Gasteiger partial charge in [0.15, 0.2) is 0 Å². The quantitative estimate of drug-likeness (QED) is 0.785. The molecule has 0 aliphatic rings. The number of amides is 1. The Morgan fingerprint density at radius 1 is 1.53 bits per heavy atom. The lowest BCUT2D eigenvalue weighted by Crippen LogP contribution is -2.29. The van der Waals surface area contributed by atoms with Crippen LogP contribution in [0.1, 0.15) is 25.8 Å². The van der Waals surface area contributed by atoms with E-state index in [1.54, 1.807) is 0 Å². The summed E-state index contributed by atoms with van der Waals surface area (Å²) in [6, 6.07) is 7.59. The van der Waals surface area contributed by atoms with Crippen LogP contribution in [0.2, 0.25) is 0 Å². The van der Waals surface area contributed by atoms with E-state index in [1.165, 1.54) is 0 Å². The minimum atomic E-state index is -0.107. The van der Waals surface area contributed by atoms with E-state index in [1.807, 2.05) is 38.1 Å². The normalized spacial score (nSPS) is 11.9. The molecule has 0 bridgehead atoms. The van der Waals surface area contributed by atoms with Crippen LogP contribution in [-0.2, 0) is 11.3 Å². The summed E-state index contributed by atoms with van der Waals surface area (Å²) in [5, 5.41) is 2.83. The first-order chi connectivity index (χ1) is 8.11. The molecular weight excluding hydrogens is 216 g/mol. The standard InChI is InChI=1S/C13H20N2O2/c1-3-17-12-6-4-5-11(8-12)9-15-13(16)7-10(2)14/h4-6,8,10H,3,7,9,14H2,1-2H3,(H,15,16). The van der Waals surface area contributed by atoms with Crippen LogP contribution >= 0.6 is 0 Å². The van der Waals surface area contributed by atoms with E-state index >= 15 is 0 Å². The van der Waals surface area contributed by atoms with Crippen molar-refractivity contribution in [2.75, 3.05) is 6.61 Å². The van der Waals surface area contributed by atoms with E-state index in [0.29, 0.717) is 19.6 Å². The van der Waals surface area contributed by atoms with Gasteiger partial charge >= 0.3 is 0 Å². The van der Waals surface area contributed by atoms with Crippen molar-refractivity contribution in [3.63, 3.8) is 0 Å². The largest absolute Gasteiger partial charge is 0.494 e. The Bertz CT molecular complexity index is 364. The average molecular weight is 236 g/mol. The van der Waals surface area contributed by atoms with Crippen LogP contribution in [0.5, 0.6) is 5.75 Å². The first-order valence-corrected chi connectivity index (χ1v) is 5.85. The molecule has 1 atom stereocenters. The number of nitrogens with two attached hydrogens (primary N) is 1. The Hall–Kier alpha value is -1.55. The van der Waals surface area contributed by atoms with Crippen molar-refractivity contribution in [2.45, 2.75) is 32.9 Å². The predicted octanol–water partition coefficient (Wildman–Crippen LogP) is 1.44. The summed E-state index contributed by atoms with van der Waals surface area (Å²) in [5.74, 6) is 0.799. The van der Waals surface area contributed by atoms with E-state index < -0.39 is 0 Å². The SMILES string of the molecule is CCOc1cccc(CNC(=O)CC(C)N)c1. The van der Waals surface area contributed by atoms with Crippen molar-refractivity contribution >= 4 is 5.91 Å². The van der Waals surface area contributed by atoms with Crippen LogP contribution in [0.4, 0.5) is 0 Å². The molecule has 4 nitrogen and oxygen atoms in total. The highest BCUT2D eigenvalue weighted by Gasteiger charge is 2.04. The number of ether oxygens (including phenoxy) is 1. The van der Waals surface area contributed by atoms with Gasteiger partial charge in [-0.15, -0.1) is 0 Å². The summed E-state index contributed by atoms with van der Waals surface area (Å²) in [6.45, 7) is 4.90. The third-order valence-electron chi connectivity index (χ3n) is 2.21. The fourth-order valence-electron chi connectivity index (χ4n) is 1.48. The summed E-state index contributed by atoms with van der Waals surface area (Å²) < 4.78 is 5.39. The lowest BCUT2D eigenvalue weighted by Gasteiger charge is -2.09. The molecule has 1 rings (SSSR count). The van der Waals surface area contributed by atoms with Gasteiger partial charge in [-0.3, -0.25) is 4.79 Å². The van der Waals surface area contributed by atoms with Crippen molar-refractivity contribution in [3.05, 3.63) is 29.8 Å². The van der Waals surface area contributed by atoms with Gasteiger partial charge in [-0.1, -0.05) is 12.1 Å². The first-order valence-electron chi connectivity index (χ1n) is 5.85. The monoisotopic (exact) mass is 236 g/mol. The van der Waals surface area contributed by atoms with Gasteiger partial charge in [-0.25, -0.2) is 0 Å². The van der Waals surface area contributed by atoms with Gasteiger partial charge in [-0.2, -0.15) is 0 Å². The van der Waals surface area contributed by atoms with E-state index in [-0.39, 0.29) is 11.9 Å². The third kappa shape index (κ3) is 5.36. The smallest absolute Gasteiger partial charge is 0.221 e. The number of benzene rings is 1. The van der Waals surface area contributed by atoms with Gasteiger partial charge in [0.05, 0.1) is 6.61 Å². The van der Waals surface area contributed by atoms with Crippen LogP contribution in [0.25, 0.3) is 0 Å². The number of carbonyl (C=O) groups excluding carboxylic acids is 1.